The first-order chi connectivity index (χ1) is 11.3. The van der Waals surface area contributed by atoms with E-state index in [0.717, 1.165) is 6.07 Å². The molecule has 0 atom stereocenters. The van der Waals surface area contributed by atoms with Crippen molar-refractivity contribution in [2.24, 2.45) is 0 Å². The number of hydrogen-bond acceptors (Lipinski definition) is 3. The summed E-state index contributed by atoms with van der Waals surface area (Å²) in [6.07, 6.45) is 0. The molecule has 124 valence electrons. The van der Waals surface area contributed by atoms with E-state index in [2.05, 4.69) is 10.3 Å². The minimum Gasteiger partial charge on any atom is -0.394 e. The predicted octanol–water partition coefficient (Wildman–Crippen LogP) is 2.32. The third-order valence-corrected chi connectivity index (χ3v) is 3.88. The average molecular weight is 328 g/mol. The quantitative estimate of drug-likeness (QED) is 0.645. The summed E-state index contributed by atoms with van der Waals surface area (Å²) in [7, 11) is 0. The maximum absolute atomic E-state index is 14.4. The fraction of sp³-hybridized carbons (Fsp3) is 0.222. The lowest BCUT2D eigenvalue weighted by atomic mass is 10.0. The van der Waals surface area contributed by atoms with Crippen LogP contribution in [0, 0.1) is 5.82 Å². The molecule has 0 saturated heterocycles. The molecule has 5 nitrogen and oxygen atoms in total. The number of H-pyrrole nitrogens is 1. The second kappa shape index (κ2) is 5.72. The smallest absolute Gasteiger partial charge is 0.254 e. The number of carbonyl (C=O) groups excluding carboxylic acids is 1. The van der Waals surface area contributed by atoms with E-state index in [0.29, 0.717) is 16.4 Å². The van der Waals surface area contributed by atoms with Gasteiger partial charge in [0.2, 0.25) is 0 Å². The molecule has 3 N–H and O–H groups in total. The van der Waals surface area contributed by atoms with Crippen LogP contribution in [0.25, 0.3) is 21.8 Å². The van der Waals surface area contributed by atoms with Crippen LogP contribution in [0.3, 0.4) is 0 Å². The third kappa shape index (κ3) is 2.76. The largest absolute Gasteiger partial charge is 0.394 e. The number of aromatic nitrogens is 1. The van der Waals surface area contributed by atoms with Crippen LogP contribution in [0.5, 0.6) is 0 Å². The summed E-state index contributed by atoms with van der Waals surface area (Å²) in [4.78, 5) is 27.8. The van der Waals surface area contributed by atoms with E-state index >= 15 is 0 Å². The first-order valence-corrected chi connectivity index (χ1v) is 7.50. The molecule has 0 fully saturated rings. The maximum Gasteiger partial charge on any atom is 0.254 e. The van der Waals surface area contributed by atoms with Crippen molar-refractivity contribution in [1.82, 2.24) is 10.3 Å². The zero-order chi connectivity index (χ0) is 17.5. The van der Waals surface area contributed by atoms with Crippen molar-refractivity contribution < 1.29 is 14.3 Å². The first kappa shape index (κ1) is 16.1. The number of carbonyl (C=O) groups is 1. The van der Waals surface area contributed by atoms with E-state index < -0.39 is 17.3 Å². The zero-order valence-electron chi connectivity index (χ0n) is 13.3. The Kier molecular flexibility index (Phi) is 3.85. The summed E-state index contributed by atoms with van der Waals surface area (Å²) in [6.45, 7) is 2.97. The number of rotatable bonds is 3. The standard InChI is InChI=1S/C18H17FN2O3/c1-18(2,9-22)21-17(24)11-8-15-12(7-13(11)19)16(23)10-5-3-4-6-14(10)20-15/h3-8,22H,9H2,1-2H3,(H,20,23)(H,21,24). The monoisotopic (exact) mass is 328 g/mol. The maximum atomic E-state index is 14.4. The van der Waals surface area contributed by atoms with E-state index in [4.69, 9.17) is 0 Å². The molecular weight excluding hydrogens is 311 g/mol. The predicted molar refractivity (Wildman–Crippen MR) is 90.7 cm³/mol. The molecule has 0 radical (unpaired) electrons. The van der Waals surface area contributed by atoms with Crippen LogP contribution < -0.4 is 10.7 Å². The molecular formula is C18H17FN2O3. The molecule has 2 aromatic carbocycles. The molecule has 1 heterocycles. The van der Waals surface area contributed by atoms with E-state index in [1.54, 1.807) is 38.1 Å². The lowest BCUT2D eigenvalue weighted by Crippen LogP contribution is -2.46. The number of hydrogen-bond donors (Lipinski definition) is 3. The molecule has 24 heavy (non-hydrogen) atoms. The van der Waals surface area contributed by atoms with Crippen molar-refractivity contribution in [2.45, 2.75) is 19.4 Å². The number of benzene rings is 2. The normalized spacial score (nSPS) is 11.8. The Hall–Kier alpha value is -2.73. The molecule has 0 aliphatic heterocycles. The van der Waals surface area contributed by atoms with Crippen LogP contribution in [0.15, 0.2) is 41.2 Å². The van der Waals surface area contributed by atoms with Gasteiger partial charge in [0.25, 0.3) is 5.91 Å². The SMILES string of the molecule is CC(C)(CO)NC(=O)c1cc2[nH]c3ccccc3c(=O)c2cc1F. The molecule has 0 saturated carbocycles. The highest BCUT2D eigenvalue weighted by Gasteiger charge is 2.23. The van der Waals surface area contributed by atoms with Crippen molar-refractivity contribution >= 4 is 27.7 Å². The Morgan fingerprint density at radius 2 is 1.92 bits per heavy atom. The Morgan fingerprint density at radius 3 is 2.62 bits per heavy atom. The van der Waals surface area contributed by atoms with Gasteiger partial charge in [-0.25, -0.2) is 4.39 Å². The number of halogens is 1. The van der Waals surface area contributed by atoms with E-state index in [-0.39, 0.29) is 23.0 Å². The highest BCUT2D eigenvalue weighted by molar-refractivity contribution is 6.00. The van der Waals surface area contributed by atoms with Crippen molar-refractivity contribution in [3.8, 4) is 0 Å². The number of amides is 1. The number of pyridine rings is 1. The minimum atomic E-state index is -0.880. The van der Waals surface area contributed by atoms with Crippen molar-refractivity contribution in [2.75, 3.05) is 6.61 Å². The molecule has 3 rings (SSSR count). The van der Waals surface area contributed by atoms with Crippen LogP contribution in [0.4, 0.5) is 4.39 Å². The van der Waals surface area contributed by atoms with Gasteiger partial charge in [0, 0.05) is 16.3 Å². The Balaban J connectivity index is 2.18. The van der Waals surface area contributed by atoms with E-state index in [1.165, 1.54) is 6.07 Å². The zero-order valence-corrected chi connectivity index (χ0v) is 13.3. The van der Waals surface area contributed by atoms with Gasteiger partial charge in [0.15, 0.2) is 5.43 Å². The van der Waals surface area contributed by atoms with Gasteiger partial charge in [-0.15, -0.1) is 0 Å². The Bertz CT molecular complexity index is 1010. The van der Waals surface area contributed by atoms with Gasteiger partial charge in [-0.05, 0) is 38.1 Å². The van der Waals surface area contributed by atoms with Crippen molar-refractivity contribution in [1.29, 1.82) is 0 Å². The highest BCUT2D eigenvalue weighted by atomic mass is 19.1. The van der Waals surface area contributed by atoms with Gasteiger partial charge >= 0.3 is 0 Å². The van der Waals surface area contributed by atoms with Crippen molar-refractivity contribution in [3.63, 3.8) is 0 Å². The van der Waals surface area contributed by atoms with Crippen LogP contribution in [-0.4, -0.2) is 28.1 Å². The first-order valence-electron chi connectivity index (χ1n) is 7.50. The minimum absolute atomic E-state index is 0.184. The van der Waals surface area contributed by atoms with E-state index in [1.807, 2.05) is 0 Å². The van der Waals surface area contributed by atoms with Gasteiger partial charge in [-0.3, -0.25) is 9.59 Å². The van der Waals surface area contributed by atoms with Crippen molar-refractivity contribution in [3.05, 3.63) is 58.0 Å². The lowest BCUT2D eigenvalue weighted by Gasteiger charge is -2.23. The second-order valence-corrected chi connectivity index (χ2v) is 6.37. The molecule has 0 spiro atoms. The number of fused-ring (bicyclic) bond motifs is 2. The molecule has 0 unspecified atom stereocenters. The summed E-state index contributed by atoms with van der Waals surface area (Å²) in [5, 5.41) is 12.4. The van der Waals surface area contributed by atoms with Gasteiger partial charge < -0.3 is 15.4 Å². The Morgan fingerprint density at radius 1 is 1.21 bits per heavy atom. The molecule has 1 amide bonds. The number of para-hydroxylation sites is 1. The fourth-order valence-electron chi connectivity index (χ4n) is 2.53. The van der Waals surface area contributed by atoms with Gasteiger partial charge in [-0.2, -0.15) is 0 Å². The summed E-state index contributed by atoms with van der Waals surface area (Å²) in [6, 6.07) is 9.32. The second-order valence-electron chi connectivity index (χ2n) is 6.37. The average Bonchev–Trinajstić information content (AvgIpc) is 2.55. The van der Waals surface area contributed by atoms with Gasteiger partial charge in [0.05, 0.1) is 23.2 Å². The molecule has 0 bridgehead atoms. The molecule has 6 heteroatoms. The number of aromatic amines is 1. The summed E-state index contributed by atoms with van der Waals surface area (Å²) in [5.74, 6) is -1.43. The number of aliphatic hydroxyl groups is 1. The van der Waals surface area contributed by atoms with E-state index in [9.17, 15) is 19.1 Å². The van der Waals surface area contributed by atoms with Gasteiger partial charge in [0.1, 0.15) is 5.82 Å². The number of nitrogens with one attached hydrogen (secondary N) is 2. The molecule has 0 aliphatic rings. The van der Waals surface area contributed by atoms with Crippen LogP contribution in [0.1, 0.15) is 24.2 Å². The molecule has 3 aromatic rings. The van der Waals surface area contributed by atoms with Crippen LogP contribution >= 0.6 is 0 Å². The number of aliphatic hydroxyl groups excluding tert-OH is 1. The van der Waals surface area contributed by atoms with Crippen LogP contribution in [-0.2, 0) is 0 Å². The summed E-state index contributed by atoms with van der Waals surface area (Å²) >= 11 is 0. The van der Waals surface area contributed by atoms with Gasteiger partial charge in [-0.1, -0.05) is 12.1 Å². The summed E-state index contributed by atoms with van der Waals surface area (Å²) in [5.41, 5.74) is -0.360. The topological polar surface area (TPSA) is 82.2 Å². The highest BCUT2D eigenvalue weighted by Crippen LogP contribution is 2.19. The Labute approximate surface area is 137 Å². The molecule has 0 aliphatic carbocycles. The summed E-state index contributed by atoms with van der Waals surface area (Å²) < 4.78 is 14.4. The third-order valence-electron chi connectivity index (χ3n) is 3.88. The molecule has 1 aromatic heterocycles. The lowest BCUT2D eigenvalue weighted by molar-refractivity contribution is 0.0865. The van der Waals surface area contributed by atoms with Crippen LogP contribution in [0.2, 0.25) is 0 Å². The fourth-order valence-corrected chi connectivity index (χ4v) is 2.53.